The summed E-state index contributed by atoms with van der Waals surface area (Å²) in [5.74, 6) is 0.364. The number of fused-ring (bicyclic) bond motifs is 1. The molecule has 0 unspecified atom stereocenters. The number of amides is 2. The zero-order valence-electron chi connectivity index (χ0n) is 16.7. The quantitative estimate of drug-likeness (QED) is 0.570. The van der Waals surface area contributed by atoms with Gasteiger partial charge in [-0.25, -0.2) is 0 Å². The van der Waals surface area contributed by atoms with E-state index in [0.717, 1.165) is 29.7 Å². The number of aryl methyl sites for hydroxylation is 1. The van der Waals surface area contributed by atoms with Crippen LogP contribution < -0.4 is 15.0 Å². The van der Waals surface area contributed by atoms with E-state index in [0.29, 0.717) is 28.2 Å². The number of anilines is 2. The van der Waals surface area contributed by atoms with E-state index in [9.17, 15) is 9.59 Å². The van der Waals surface area contributed by atoms with E-state index in [1.165, 1.54) is 0 Å². The summed E-state index contributed by atoms with van der Waals surface area (Å²) in [4.78, 5) is 27.5. The van der Waals surface area contributed by atoms with Gasteiger partial charge in [0.05, 0.1) is 12.8 Å². The smallest absolute Gasteiger partial charge is 0.291 e. The van der Waals surface area contributed by atoms with E-state index >= 15 is 0 Å². The predicted octanol–water partition coefficient (Wildman–Crippen LogP) is 5.20. The van der Waals surface area contributed by atoms with Crippen molar-refractivity contribution in [3.8, 4) is 5.75 Å². The van der Waals surface area contributed by atoms with Crippen molar-refractivity contribution in [3.05, 3.63) is 75.7 Å². The molecule has 2 amide bonds. The number of carbonyl (C=O) groups excluding carboxylic acids is 2. The van der Waals surface area contributed by atoms with Crippen molar-refractivity contribution >= 4 is 39.1 Å². The molecular formula is C23H21BrN2O4. The molecule has 1 N–H and O–H groups in total. The van der Waals surface area contributed by atoms with Crippen molar-refractivity contribution in [1.82, 2.24) is 0 Å². The summed E-state index contributed by atoms with van der Waals surface area (Å²) in [7, 11) is 1.62. The van der Waals surface area contributed by atoms with Gasteiger partial charge >= 0.3 is 0 Å². The number of benzene rings is 2. The van der Waals surface area contributed by atoms with Crippen molar-refractivity contribution in [2.75, 3.05) is 23.9 Å². The van der Waals surface area contributed by atoms with Crippen LogP contribution in [0.2, 0.25) is 0 Å². The second-order valence-electron chi connectivity index (χ2n) is 7.11. The molecular weight excluding hydrogens is 448 g/mol. The Bertz CT molecular complexity index is 1120. The van der Waals surface area contributed by atoms with E-state index in [1.807, 2.05) is 12.1 Å². The Morgan fingerprint density at radius 3 is 2.73 bits per heavy atom. The SMILES string of the molecule is COc1ccc(C)c2c1N(C(=O)c1cccc(NC(=O)c3ccc(Br)o3)c1)CCC2. The maximum absolute atomic E-state index is 13.4. The zero-order valence-corrected chi connectivity index (χ0v) is 18.3. The number of halogens is 1. The predicted molar refractivity (Wildman–Crippen MR) is 119 cm³/mol. The number of methoxy groups -OCH3 is 1. The van der Waals surface area contributed by atoms with Crippen LogP contribution in [0.1, 0.15) is 38.5 Å². The highest BCUT2D eigenvalue weighted by Gasteiger charge is 2.28. The van der Waals surface area contributed by atoms with Crippen LogP contribution in [-0.4, -0.2) is 25.5 Å². The number of carbonyl (C=O) groups is 2. The van der Waals surface area contributed by atoms with Crippen LogP contribution in [0.5, 0.6) is 5.75 Å². The number of hydrogen-bond donors (Lipinski definition) is 1. The van der Waals surface area contributed by atoms with E-state index in [4.69, 9.17) is 9.15 Å². The summed E-state index contributed by atoms with van der Waals surface area (Å²) in [5.41, 5.74) is 4.14. The van der Waals surface area contributed by atoms with Crippen LogP contribution >= 0.6 is 15.9 Å². The average Bonchev–Trinajstić information content (AvgIpc) is 3.20. The fraction of sp³-hybridized carbons (Fsp3) is 0.217. The highest BCUT2D eigenvalue weighted by molar-refractivity contribution is 9.10. The van der Waals surface area contributed by atoms with Crippen LogP contribution in [-0.2, 0) is 6.42 Å². The van der Waals surface area contributed by atoms with Gasteiger partial charge in [-0.2, -0.15) is 0 Å². The average molecular weight is 469 g/mol. The van der Waals surface area contributed by atoms with Gasteiger partial charge in [0.2, 0.25) is 0 Å². The van der Waals surface area contributed by atoms with E-state index in [-0.39, 0.29) is 17.6 Å². The van der Waals surface area contributed by atoms with Gasteiger partial charge in [0.25, 0.3) is 11.8 Å². The molecule has 0 spiro atoms. The molecule has 7 heteroatoms. The summed E-state index contributed by atoms with van der Waals surface area (Å²) in [6, 6.07) is 14.1. The Balaban J connectivity index is 1.62. The lowest BCUT2D eigenvalue weighted by Gasteiger charge is -2.32. The van der Waals surface area contributed by atoms with Gasteiger partial charge in [-0.3, -0.25) is 9.59 Å². The first-order valence-corrected chi connectivity index (χ1v) is 10.4. The van der Waals surface area contributed by atoms with E-state index in [2.05, 4.69) is 28.2 Å². The van der Waals surface area contributed by atoms with Crippen LogP contribution in [0.25, 0.3) is 0 Å². The van der Waals surface area contributed by atoms with Crippen molar-refractivity contribution < 1.29 is 18.7 Å². The molecule has 30 heavy (non-hydrogen) atoms. The van der Waals surface area contributed by atoms with Crippen LogP contribution in [0, 0.1) is 6.92 Å². The van der Waals surface area contributed by atoms with Crippen LogP contribution in [0.4, 0.5) is 11.4 Å². The van der Waals surface area contributed by atoms with Crippen molar-refractivity contribution in [1.29, 1.82) is 0 Å². The third-order valence-electron chi connectivity index (χ3n) is 5.19. The van der Waals surface area contributed by atoms with Crippen LogP contribution in [0.3, 0.4) is 0 Å². The largest absolute Gasteiger partial charge is 0.495 e. The van der Waals surface area contributed by atoms with Gasteiger partial charge in [-0.15, -0.1) is 0 Å². The molecule has 0 bridgehead atoms. The number of ether oxygens (including phenoxy) is 1. The lowest BCUT2D eigenvalue weighted by Crippen LogP contribution is -2.36. The molecule has 154 valence electrons. The van der Waals surface area contributed by atoms with E-state index in [1.54, 1.807) is 48.4 Å². The molecule has 2 aromatic carbocycles. The first-order valence-electron chi connectivity index (χ1n) is 9.63. The monoisotopic (exact) mass is 468 g/mol. The Morgan fingerprint density at radius 2 is 2.00 bits per heavy atom. The standard InChI is InChI=1S/C23H21BrN2O4/c1-14-8-9-18(29-2)21-17(14)7-4-12-26(21)23(28)15-5-3-6-16(13-15)25-22(27)19-10-11-20(24)30-19/h3,5-6,8-11,13H,4,7,12H2,1-2H3,(H,25,27). The number of nitrogens with zero attached hydrogens (tertiary/aromatic N) is 1. The number of hydrogen-bond acceptors (Lipinski definition) is 4. The Labute approximate surface area is 183 Å². The Hall–Kier alpha value is -3.06. The second-order valence-corrected chi connectivity index (χ2v) is 7.89. The Kier molecular flexibility index (Phi) is 5.63. The lowest BCUT2D eigenvalue weighted by atomic mass is 9.95. The highest BCUT2D eigenvalue weighted by Crippen LogP contribution is 2.39. The molecule has 0 fully saturated rings. The maximum Gasteiger partial charge on any atom is 0.291 e. The molecule has 1 aliphatic rings. The molecule has 6 nitrogen and oxygen atoms in total. The summed E-state index contributed by atoms with van der Waals surface area (Å²) in [6.07, 6.45) is 1.80. The minimum Gasteiger partial charge on any atom is -0.495 e. The molecule has 4 rings (SSSR count). The molecule has 1 aliphatic heterocycles. The third-order valence-corrected chi connectivity index (χ3v) is 5.61. The minimum atomic E-state index is -0.383. The number of nitrogens with one attached hydrogen (secondary N) is 1. The zero-order chi connectivity index (χ0) is 21.3. The first kappa shape index (κ1) is 20.2. The third kappa shape index (κ3) is 3.85. The summed E-state index contributed by atoms with van der Waals surface area (Å²) < 4.78 is 11.3. The number of rotatable bonds is 4. The molecule has 0 saturated carbocycles. The molecule has 0 atom stereocenters. The molecule has 1 aromatic heterocycles. The number of furan rings is 1. The van der Waals surface area contributed by atoms with Crippen molar-refractivity contribution in [2.24, 2.45) is 0 Å². The second kappa shape index (κ2) is 8.36. The summed E-state index contributed by atoms with van der Waals surface area (Å²) in [6.45, 7) is 2.66. The molecule has 3 aromatic rings. The van der Waals surface area contributed by atoms with Gasteiger partial charge in [-0.05, 0) is 83.2 Å². The van der Waals surface area contributed by atoms with Gasteiger partial charge < -0.3 is 19.4 Å². The maximum atomic E-state index is 13.4. The van der Waals surface area contributed by atoms with Crippen molar-refractivity contribution in [2.45, 2.75) is 19.8 Å². The normalized spacial score (nSPS) is 13.0. The topological polar surface area (TPSA) is 71.8 Å². The lowest BCUT2D eigenvalue weighted by molar-refractivity contribution is 0.0978. The van der Waals surface area contributed by atoms with Crippen LogP contribution in [0.15, 0.2) is 57.6 Å². The van der Waals surface area contributed by atoms with Gasteiger partial charge in [0, 0.05) is 17.8 Å². The fourth-order valence-corrected chi connectivity index (χ4v) is 4.04. The molecule has 0 saturated heterocycles. The van der Waals surface area contributed by atoms with Crippen molar-refractivity contribution in [3.63, 3.8) is 0 Å². The molecule has 2 heterocycles. The molecule has 0 radical (unpaired) electrons. The fourth-order valence-electron chi connectivity index (χ4n) is 3.74. The Morgan fingerprint density at radius 1 is 1.17 bits per heavy atom. The van der Waals surface area contributed by atoms with E-state index < -0.39 is 0 Å². The summed E-state index contributed by atoms with van der Waals surface area (Å²) in [5, 5.41) is 2.77. The van der Waals surface area contributed by atoms with Gasteiger partial charge in [0.15, 0.2) is 10.4 Å². The van der Waals surface area contributed by atoms with Gasteiger partial charge in [0.1, 0.15) is 5.75 Å². The van der Waals surface area contributed by atoms with Gasteiger partial charge in [-0.1, -0.05) is 12.1 Å². The first-order chi connectivity index (χ1) is 14.5. The molecule has 0 aliphatic carbocycles. The summed E-state index contributed by atoms with van der Waals surface area (Å²) >= 11 is 3.18. The highest BCUT2D eigenvalue weighted by atomic mass is 79.9. The minimum absolute atomic E-state index is 0.128.